The number of aliphatic hydroxyl groups is 1. The van der Waals surface area contributed by atoms with Crippen LogP contribution in [0, 0.1) is 6.92 Å². The number of methoxy groups -OCH3 is 1. The summed E-state index contributed by atoms with van der Waals surface area (Å²) < 4.78 is 11.2. The van der Waals surface area contributed by atoms with Crippen LogP contribution >= 0.6 is 22.9 Å². The lowest BCUT2D eigenvalue weighted by molar-refractivity contribution is 0.102. The lowest BCUT2D eigenvalue weighted by Crippen LogP contribution is -2.14. The number of aryl methyl sites for hydroxylation is 1. The Hall–Kier alpha value is -3.60. The Morgan fingerprint density at radius 3 is 2.70 bits per heavy atom. The van der Waals surface area contributed by atoms with Crippen LogP contribution in [0.2, 0.25) is 5.02 Å². The molecule has 2 aromatic heterocycles. The third-order valence-corrected chi connectivity index (χ3v) is 6.23. The summed E-state index contributed by atoms with van der Waals surface area (Å²) in [4.78, 5) is 21.8. The van der Waals surface area contributed by atoms with Crippen molar-refractivity contribution in [1.82, 2.24) is 15.2 Å². The van der Waals surface area contributed by atoms with Gasteiger partial charge in [-0.05, 0) is 63.3 Å². The predicted molar refractivity (Wildman–Crippen MR) is 147 cm³/mol. The van der Waals surface area contributed by atoms with E-state index in [1.807, 2.05) is 20.8 Å². The zero-order chi connectivity index (χ0) is 26.9. The number of allylic oxidation sites excluding steroid dienone is 2. The predicted octanol–water partition coefficient (Wildman–Crippen LogP) is 5.50. The number of halogens is 1. The first-order valence-electron chi connectivity index (χ1n) is 11.3. The highest BCUT2D eigenvalue weighted by Crippen LogP contribution is 2.35. The van der Waals surface area contributed by atoms with E-state index in [0.717, 1.165) is 28.2 Å². The molecular formula is C26H28ClN5O4S. The summed E-state index contributed by atoms with van der Waals surface area (Å²) in [6.45, 7) is 7.58. The Balaban J connectivity index is 1.77. The molecule has 1 aromatic carbocycles. The molecule has 0 saturated carbocycles. The number of hydrogen-bond donors (Lipinski definition) is 2. The molecule has 0 aliphatic carbocycles. The molecule has 37 heavy (non-hydrogen) atoms. The van der Waals surface area contributed by atoms with Crippen molar-refractivity contribution in [2.75, 3.05) is 25.6 Å². The minimum absolute atomic E-state index is 0.147. The fraction of sp³-hybridized carbons (Fsp3) is 0.269. The number of aliphatic hydroxyl groups excluding tert-OH is 1. The molecule has 3 rings (SSSR count). The number of amides is 1. The van der Waals surface area contributed by atoms with Crippen molar-refractivity contribution in [3.63, 3.8) is 0 Å². The molecule has 1 amide bonds. The summed E-state index contributed by atoms with van der Waals surface area (Å²) in [5.74, 6) is 0.169. The molecule has 0 atom stereocenters. The highest BCUT2D eigenvalue weighted by molar-refractivity contribution is 7.17. The van der Waals surface area contributed by atoms with E-state index in [9.17, 15) is 9.90 Å². The van der Waals surface area contributed by atoms with E-state index >= 15 is 0 Å². The van der Waals surface area contributed by atoms with Crippen LogP contribution in [-0.4, -0.2) is 52.7 Å². The van der Waals surface area contributed by atoms with E-state index in [4.69, 9.17) is 21.1 Å². The quantitative estimate of drug-likeness (QED) is 0.325. The second kappa shape index (κ2) is 13.1. The van der Waals surface area contributed by atoms with Crippen molar-refractivity contribution in [2.24, 2.45) is 4.99 Å². The molecule has 194 valence electrons. The van der Waals surface area contributed by atoms with Gasteiger partial charge >= 0.3 is 0 Å². The van der Waals surface area contributed by atoms with Crippen LogP contribution in [-0.2, 0) is 0 Å². The molecule has 0 radical (unpaired) electrons. The zero-order valence-corrected chi connectivity index (χ0v) is 22.8. The normalized spacial score (nSPS) is 11.5. The van der Waals surface area contributed by atoms with Gasteiger partial charge in [-0.2, -0.15) is 0 Å². The van der Waals surface area contributed by atoms with Crippen molar-refractivity contribution in [3.05, 3.63) is 69.7 Å². The van der Waals surface area contributed by atoms with Gasteiger partial charge in [-0.15, -0.1) is 5.10 Å². The van der Waals surface area contributed by atoms with Crippen molar-refractivity contribution >= 4 is 40.2 Å². The molecule has 0 aliphatic heterocycles. The van der Waals surface area contributed by atoms with Crippen LogP contribution in [0.3, 0.4) is 0 Å². The highest BCUT2D eigenvalue weighted by Gasteiger charge is 2.19. The van der Waals surface area contributed by atoms with Crippen LogP contribution in [0.15, 0.2) is 58.4 Å². The number of hydrogen-bond acceptors (Lipinski definition) is 9. The second-order valence-electron chi connectivity index (χ2n) is 8.05. The van der Waals surface area contributed by atoms with Gasteiger partial charge in [0, 0.05) is 39.8 Å². The first-order chi connectivity index (χ1) is 17.7. The number of carbonyl (C=O) groups is 1. The Bertz CT molecular complexity index is 1360. The van der Waals surface area contributed by atoms with Gasteiger partial charge in [-0.1, -0.05) is 28.3 Å². The maximum atomic E-state index is 13.2. The molecule has 0 spiro atoms. The van der Waals surface area contributed by atoms with Gasteiger partial charge in [0.2, 0.25) is 5.13 Å². The fourth-order valence-corrected chi connectivity index (χ4v) is 3.92. The van der Waals surface area contributed by atoms with Gasteiger partial charge in [0.1, 0.15) is 12.4 Å². The van der Waals surface area contributed by atoms with Crippen molar-refractivity contribution in [1.29, 1.82) is 0 Å². The minimum atomic E-state index is -0.410. The van der Waals surface area contributed by atoms with E-state index < -0.39 is 5.91 Å². The molecule has 3 aromatic rings. The maximum absolute atomic E-state index is 13.2. The number of nitrogens with zero attached hydrogens (tertiary/aromatic N) is 4. The summed E-state index contributed by atoms with van der Waals surface area (Å²) >= 11 is 7.32. The number of nitrogens with one attached hydrogen (secondary N) is 1. The zero-order valence-electron chi connectivity index (χ0n) is 21.2. The monoisotopic (exact) mass is 541 g/mol. The first kappa shape index (κ1) is 28.0. The van der Waals surface area contributed by atoms with Crippen molar-refractivity contribution in [3.8, 4) is 22.1 Å². The average Bonchev–Trinajstić information content (AvgIpc) is 3.32. The van der Waals surface area contributed by atoms with E-state index in [2.05, 4.69) is 25.5 Å². The molecule has 0 bridgehead atoms. The largest absolute Gasteiger partial charge is 0.496 e. The molecule has 2 N–H and O–H groups in total. The lowest BCUT2D eigenvalue weighted by atomic mass is 9.99. The fourth-order valence-electron chi connectivity index (χ4n) is 3.16. The number of aromatic nitrogens is 3. The molecule has 2 heterocycles. The van der Waals surface area contributed by atoms with Crippen LogP contribution in [0.1, 0.15) is 36.8 Å². The highest BCUT2D eigenvalue weighted by atomic mass is 35.5. The molecule has 0 fully saturated rings. The van der Waals surface area contributed by atoms with Gasteiger partial charge in [0.05, 0.1) is 25.0 Å². The van der Waals surface area contributed by atoms with Gasteiger partial charge < -0.3 is 14.6 Å². The summed E-state index contributed by atoms with van der Waals surface area (Å²) in [6.07, 6.45) is 4.89. The molecule has 11 heteroatoms. The van der Waals surface area contributed by atoms with Crippen LogP contribution < -0.4 is 14.8 Å². The number of benzene rings is 1. The number of pyridine rings is 1. The van der Waals surface area contributed by atoms with E-state index in [1.54, 1.807) is 50.6 Å². The average molecular weight is 542 g/mol. The van der Waals surface area contributed by atoms with Gasteiger partial charge in [0.15, 0.2) is 0 Å². The standard InChI is InChI=1S/C26H28ClN5O4S/c1-6-19(13-33)29-11-17(15(2)3)14-36-26-32-31-25(37-26)30-24(34)22-12-28-16(4)9-20(22)21-10-18(27)7-8-23(21)35-5/h6-12,33H,13-14H2,1-5H3,(H,30,31,34)/b19-6-,29-11-. The lowest BCUT2D eigenvalue weighted by Gasteiger charge is -2.13. The Labute approximate surface area is 224 Å². The van der Waals surface area contributed by atoms with Crippen LogP contribution in [0.25, 0.3) is 11.1 Å². The number of anilines is 1. The summed E-state index contributed by atoms with van der Waals surface area (Å²) in [5.41, 5.74) is 4.76. The molecule has 0 saturated heterocycles. The van der Waals surface area contributed by atoms with Crippen molar-refractivity contribution < 1.29 is 19.4 Å². The van der Waals surface area contributed by atoms with E-state index in [-0.39, 0.29) is 23.5 Å². The molecule has 9 nitrogen and oxygen atoms in total. The molecule has 0 aliphatic rings. The Morgan fingerprint density at radius 2 is 2.03 bits per heavy atom. The van der Waals surface area contributed by atoms with E-state index in [0.29, 0.717) is 33.2 Å². The van der Waals surface area contributed by atoms with Crippen LogP contribution in [0.4, 0.5) is 5.13 Å². The first-order valence-corrected chi connectivity index (χ1v) is 12.5. The van der Waals surface area contributed by atoms with Gasteiger partial charge in [0.25, 0.3) is 11.1 Å². The van der Waals surface area contributed by atoms with Gasteiger partial charge in [-0.25, -0.2) is 0 Å². The summed E-state index contributed by atoms with van der Waals surface area (Å²) in [7, 11) is 1.56. The summed E-state index contributed by atoms with van der Waals surface area (Å²) in [6, 6.07) is 7.01. The smallest absolute Gasteiger partial charge is 0.296 e. The SMILES string of the molecule is C/C=C(CO)\N=C/C(COc1nnc(NC(=O)c2cnc(C)cc2-c2cc(Cl)ccc2OC)s1)=C(C)C. The number of carbonyl (C=O) groups excluding carboxylic acids is 1. The van der Waals surface area contributed by atoms with E-state index in [1.165, 1.54) is 6.20 Å². The maximum Gasteiger partial charge on any atom is 0.296 e. The molecular weight excluding hydrogens is 514 g/mol. The second-order valence-corrected chi connectivity index (χ2v) is 9.43. The number of rotatable bonds is 10. The van der Waals surface area contributed by atoms with Crippen molar-refractivity contribution in [2.45, 2.75) is 27.7 Å². The molecule has 0 unspecified atom stereocenters. The summed E-state index contributed by atoms with van der Waals surface area (Å²) in [5, 5.41) is 21.2. The Morgan fingerprint density at radius 1 is 1.24 bits per heavy atom. The number of aliphatic imine (C=N–C) groups is 1. The number of ether oxygens (including phenoxy) is 2. The topological polar surface area (TPSA) is 119 Å². The van der Waals surface area contributed by atoms with Gasteiger partial charge in [-0.3, -0.25) is 20.1 Å². The Kier molecular flexibility index (Phi) is 9.90. The minimum Gasteiger partial charge on any atom is -0.496 e. The third-order valence-electron chi connectivity index (χ3n) is 5.24. The third kappa shape index (κ3) is 7.45. The van der Waals surface area contributed by atoms with Crippen LogP contribution in [0.5, 0.6) is 10.9 Å².